The predicted octanol–water partition coefficient (Wildman–Crippen LogP) is 2.80. The summed E-state index contributed by atoms with van der Waals surface area (Å²) in [7, 11) is 0. The van der Waals surface area contributed by atoms with Crippen LogP contribution in [0.3, 0.4) is 0 Å². The van der Waals surface area contributed by atoms with Crippen molar-refractivity contribution in [2.75, 3.05) is 39.4 Å². The van der Waals surface area contributed by atoms with E-state index in [0.29, 0.717) is 6.54 Å². The molecule has 2 heterocycles. The van der Waals surface area contributed by atoms with Crippen LogP contribution in [0.1, 0.15) is 51.4 Å². The first-order chi connectivity index (χ1) is 14.4. The van der Waals surface area contributed by atoms with Gasteiger partial charge < -0.3 is 10.1 Å². The molecular weight excluding hydrogens is 376 g/mol. The summed E-state index contributed by atoms with van der Waals surface area (Å²) in [5.74, 6) is 0.126. The lowest BCUT2D eigenvalue weighted by atomic mass is 9.63. The van der Waals surface area contributed by atoms with Gasteiger partial charge in [-0.3, -0.25) is 9.69 Å². The number of benzene rings is 1. The molecule has 1 aromatic carbocycles. The molecule has 1 saturated carbocycles. The summed E-state index contributed by atoms with van der Waals surface area (Å²) in [5.41, 5.74) is 2.77. The average molecular weight is 409 g/mol. The molecule has 2 aliphatic carbocycles. The highest BCUT2D eigenvalue weighted by Crippen LogP contribution is 2.70. The van der Waals surface area contributed by atoms with Gasteiger partial charge in [-0.2, -0.15) is 0 Å². The predicted molar refractivity (Wildman–Crippen MR) is 116 cm³/mol. The lowest BCUT2D eigenvalue weighted by molar-refractivity contribution is -0.130. The molecule has 160 valence electrons. The Morgan fingerprint density at radius 2 is 1.73 bits per heavy atom. The van der Waals surface area contributed by atoms with E-state index >= 15 is 0 Å². The van der Waals surface area contributed by atoms with Gasteiger partial charge in [0.25, 0.3) is 0 Å². The van der Waals surface area contributed by atoms with Crippen molar-refractivity contribution in [2.24, 2.45) is 5.41 Å². The van der Waals surface area contributed by atoms with E-state index in [2.05, 4.69) is 31.0 Å². The largest absolute Gasteiger partial charge is 0.379 e. The van der Waals surface area contributed by atoms with Crippen LogP contribution in [0.4, 0.5) is 0 Å². The van der Waals surface area contributed by atoms with E-state index in [0.717, 1.165) is 74.5 Å². The van der Waals surface area contributed by atoms with E-state index in [9.17, 15) is 4.79 Å². The van der Waals surface area contributed by atoms with Crippen LogP contribution in [0.2, 0.25) is 0 Å². The molecule has 6 heteroatoms. The number of morpholine rings is 1. The summed E-state index contributed by atoms with van der Waals surface area (Å²) in [6.07, 6.45) is 2.77. The molecule has 30 heavy (non-hydrogen) atoms. The third-order valence-electron chi connectivity index (χ3n) is 8.37. The van der Waals surface area contributed by atoms with Crippen molar-refractivity contribution in [1.82, 2.24) is 20.2 Å². The van der Waals surface area contributed by atoms with Crippen LogP contribution >= 0.6 is 0 Å². The van der Waals surface area contributed by atoms with Crippen LogP contribution in [0.5, 0.6) is 0 Å². The molecule has 2 fully saturated rings. The lowest BCUT2D eigenvalue weighted by Crippen LogP contribution is -2.51. The number of para-hydroxylation sites is 2. The van der Waals surface area contributed by atoms with Crippen LogP contribution in [0, 0.1) is 5.41 Å². The molecule has 2 unspecified atom stereocenters. The highest BCUT2D eigenvalue weighted by molar-refractivity contribution is 5.92. The smallest absolute Gasteiger partial charge is 0.232 e. The third-order valence-corrected chi connectivity index (χ3v) is 8.37. The van der Waals surface area contributed by atoms with Crippen molar-refractivity contribution in [3.05, 3.63) is 35.7 Å². The van der Waals surface area contributed by atoms with Gasteiger partial charge in [-0.15, -0.1) is 0 Å². The molecule has 6 nitrogen and oxygen atoms in total. The number of nitrogens with one attached hydrogen (secondary N) is 1. The number of hydrogen-bond donors (Lipinski definition) is 1. The Hall–Kier alpha value is -2.05. The van der Waals surface area contributed by atoms with Crippen molar-refractivity contribution < 1.29 is 9.53 Å². The number of ether oxygens (including phenoxy) is 1. The number of rotatable bonds is 5. The maximum absolute atomic E-state index is 13.7. The third kappa shape index (κ3) is 2.59. The molecule has 2 aromatic rings. The van der Waals surface area contributed by atoms with Gasteiger partial charge >= 0.3 is 0 Å². The van der Waals surface area contributed by atoms with Crippen molar-refractivity contribution in [2.45, 2.75) is 50.9 Å². The molecule has 5 rings (SSSR count). The normalized spacial score (nSPS) is 29.8. The highest BCUT2D eigenvalue weighted by atomic mass is 16.5. The second-order valence-corrected chi connectivity index (χ2v) is 9.84. The lowest BCUT2D eigenvalue weighted by Gasteiger charge is -2.39. The zero-order valence-corrected chi connectivity index (χ0v) is 18.3. The monoisotopic (exact) mass is 408 g/mol. The van der Waals surface area contributed by atoms with Gasteiger partial charge in [0.2, 0.25) is 5.91 Å². The van der Waals surface area contributed by atoms with Gasteiger partial charge in [-0.05, 0) is 43.4 Å². The quantitative estimate of drug-likeness (QED) is 0.771. The van der Waals surface area contributed by atoms with Crippen LogP contribution in [-0.2, 0) is 20.4 Å². The summed E-state index contributed by atoms with van der Waals surface area (Å²) in [6, 6.07) is 8.00. The minimum absolute atomic E-state index is 0.126. The van der Waals surface area contributed by atoms with Crippen molar-refractivity contribution in [3.8, 4) is 0 Å². The standard InChI is InChI=1S/C24H32N4O2/c1-22(2)23(3)9-10-24(22,20-19(23)26-17-7-4-5-8-18(17)27-20)21(29)25-11-6-12-28-13-15-30-16-14-28/h4-5,7-8H,6,9-16H2,1-3H3,(H,25,29). The van der Waals surface area contributed by atoms with Gasteiger partial charge in [0.1, 0.15) is 0 Å². The number of carbonyl (C=O) groups is 1. The van der Waals surface area contributed by atoms with Gasteiger partial charge in [0.05, 0.1) is 41.1 Å². The van der Waals surface area contributed by atoms with Gasteiger partial charge in [0.15, 0.2) is 0 Å². The summed E-state index contributed by atoms with van der Waals surface area (Å²) in [6.45, 7) is 12.0. The Balaban J connectivity index is 1.41. The average Bonchev–Trinajstić information content (AvgIpc) is 3.05. The topological polar surface area (TPSA) is 67.4 Å². The van der Waals surface area contributed by atoms with E-state index in [-0.39, 0.29) is 16.7 Å². The molecule has 1 N–H and O–H groups in total. The molecule has 0 spiro atoms. The molecule has 1 aromatic heterocycles. The Labute approximate surface area is 178 Å². The first-order valence-corrected chi connectivity index (χ1v) is 11.3. The Kier molecular flexibility index (Phi) is 4.63. The Morgan fingerprint density at radius 1 is 1.07 bits per heavy atom. The number of carbonyl (C=O) groups excluding carboxylic acids is 1. The molecule has 2 bridgehead atoms. The van der Waals surface area contributed by atoms with E-state index in [1.807, 2.05) is 24.3 Å². The van der Waals surface area contributed by atoms with Crippen LogP contribution < -0.4 is 5.32 Å². The zero-order chi connectivity index (χ0) is 21.0. The minimum atomic E-state index is -0.604. The number of amides is 1. The van der Waals surface area contributed by atoms with E-state index in [1.54, 1.807) is 0 Å². The van der Waals surface area contributed by atoms with Crippen LogP contribution in [-0.4, -0.2) is 60.2 Å². The first kappa shape index (κ1) is 19.9. The molecule has 0 radical (unpaired) electrons. The second kappa shape index (κ2) is 6.99. The minimum Gasteiger partial charge on any atom is -0.379 e. The molecule has 1 aliphatic heterocycles. The van der Waals surface area contributed by atoms with Gasteiger partial charge in [-0.25, -0.2) is 9.97 Å². The van der Waals surface area contributed by atoms with Crippen LogP contribution in [0.15, 0.2) is 24.3 Å². The molecule has 3 aliphatic rings. The van der Waals surface area contributed by atoms with E-state index in [1.165, 1.54) is 0 Å². The van der Waals surface area contributed by atoms with Gasteiger partial charge in [-0.1, -0.05) is 32.9 Å². The molecular formula is C24H32N4O2. The number of nitrogens with zero attached hydrogens (tertiary/aromatic N) is 3. The van der Waals surface area contributed by atoms with Crippen LogP contribution in [0.25, 0.3) is 11.0 Å². The first-order valence-electron chi connectivity index (χ1n) is 11.3. The fourth-order valence-electron chi connectivity index (χ4n) is 6.03. The fraction of sp³-hybridized carbons (Fsp3) is 0.625. The summed E-state index contributed by atoms with van der Waals surface area (Å²) >= 11 is 0. The fourth-order valence-corrected chi connectivity index (χ4v) is 6.03. The maximum atomic E-state index is 13.7. The Morgan fingerprint density at radius 3 is 2.43 bits per heavy atom. The van der Waals surface area contributed by atoms with Crippen molar-refractivity contribution >= 4 is 16.9 Å². The summed E-state index contributed by atoms with van der Waals surface area (Å²) in [4.78, 5) is 26.2. The zero-order valence-electron chi connectivity index (χ0n) is 18.3. The van der Waals surface area contributed by atoms with Gasteiger partial charge in [0, 0.05) is 25.0 Å². The summed E-state index contributed by atoms with van der Waals surface area (Å²) in [5, 5.41) is 3.28. The maximum Gasteiger partial charge on any atom is 0.232 e. The van der Waals surface area contributed by atoms with E-state index < -0.39 is 5.41 Å². The van der Waals surface area contributed by atoms with E-state index in [4.69, 9.17) is 14.7 Å². The number of hydrogen-bond acceptors (Lipinski definition) is 5. The van der Waals surface area contributed by atoms with Crippen molar-refractivity contribution in [1.29, 1.82) is 0 Å². The highest BCUT2D eigenvalue weighted by Gasteiger charge is 2.73. The summed E-state index contributed by atoms with van der Waals surface area (Å²) < 4.78 is 5.42. The SMILES string of the molecule is CC12CCC(C(=O)NCCCN3CCOCC3)(c3nc4ccccc4nc31)C2(C)C. The number of aromatic nitrogens is 2. The molecule has 1 saturated heterocycles. The second-order valence-electron chi connectivity index (χ2n) is 9.84. The number of fused-ring (bicyclic) bond motifs is 6. The molecule has 2 atom stereocenters. The molecule has 1 amide bonds. The van der Waals surface area contributed by atoms with Crippen molar-refractivity contribution in [3.63, 3.8) is 0 Å². The Bertz CT molecular complexity index is 984.